The molecule has 9 nitrogen and oxygen atoms in total. The monoisotopic (exact) mass is 416 g/mol. The van der Waals surface area contributed by atoms with Crippen molar-refractivity contribution >= 4 is 32.4 Å². The van der Waals surface area contributed by atoms with Gasteiger partial charge in [0, 0.05) is 11.6 Å². The first kappa shape index (κ1) is 18.2. The highest BCUT2D eigenvalue weighted by molar-refractivity contribution is 7.89. The molecule has 4 aromatic rings. The molecule has 0 bridgehead atoms. The van der Waals surface area contributed by atoms with Crippen molar-refractivity contribution in [3.8, 4) is 11.3 Å². The first-order valence-electron chi connectivity index (χ1n) is 7.88. The lowest BCUT2D eigenvalue weighted by atomic mass is 10.2. The highest BCUT2D eigenvalue weighted by Gasteiger charge is 2.11. The van der Waals surface area contributed by atoms with Crippen LogP contribution in [0.3, 0.4) is 0 Å². The average Bonchev–Trinajstić information content (AvgIpc) is 3.22. The predicted octanol–water partition coefficient (Wildman–Crippen LogP) is 0.275. The summed E-state index contributed by atoms with van der Waals surface area (Å²) < 4.78 is 29.8. The van der Waals surface area contributed by atoms with Crippen molar-refractivity contribution in [3.63, 3.8) is 0 Å². The summed E-state index contributed by atoms with van der Waals surface area (Å²) in [6.45, 7) is 1.49. The fourth-order valence-electron chi connectivity index (χ4n) is 2.51. The van der Waals surface area contributed by atoms with Crippen LogP contribution in [-0.4, -0.2) is 23.0 Å². The summed E-state index contributed by atoms with van der Waals surface area (Å²) in [5, 5.41) is 9.03. The molecule has 4 rings (SSSR count). The minimum absolute atomic E-state index is 0.000857. The van der Waals surface area contributed by atoms with Crippen LogP contribution in [0, 0.1) is 6.92 Å². The van der Waals surface area contributed by atoms with Crippen molar-refractivity contribution in [2.75, 3.05) is 0 Å². The van der Waals surface area contributed by atoms with Crippen LogP contribution in [0.15, 0.2) is 55.3 Å². The molecule has 0 atom stereocenters. The second-order valence-electron chi connectivity index (χ2n) is 5.88. The minimum Gasteiger partial charge on any atom is -0.457 e. The number of nitrogens with zero attached hydrogens (tertiary/aromatic N) is 3. The molecule has 2 N–H and O–H groups in total. The zero-order valence-electron chi connectivity index (χ0n) is 14.3. The highest BCUT2D eigenvalue weighted by Crippen LogP contribution is 2.23. The van der Waals surface area contributed by atoms with Crippen LogP contribution in [0.25, 0.3) is 22.4 Å². The number of furan rings is 1. The van der Waals surface area contributed by atoms with Crippen LogP contribution >= 0.6 is 11.3 Å². The van der Waals surface area contributed by atoms with Gasteiger partial charge in [-0.15, -0.1) is 0 Å². The maximum Gasteiger partial charge on any atom is 0.295 e. The molecule has 0 amide bonds. The number of fused-ring (bicyclic) bond motifs is 1. The minimum atomic E-state index is -3.77. The van der Waals surface area contributed by atoms with Crippen LogP contribution in [0.5, 0.6) is 0 Å². The Morgan fingerprint density at radius 3 is 2.54 bits per heavy atom. The van der Waals surface area contributed by atoms with Gasteiger partial charge in [0.05, 0.1) is 4.90 Å². The molecule has 0 fully saturated rings. The van der Waals surface area contributed by atoms with Crippen LogP contribution in [0.2, 0.25) is 0 Å². The third-order valence-electron chi connectivity index (χ3n) is 3.91. The molecule has 3 heterocycles. The average molecular weight is 416 g/mol. The van der Waals surface area contributed by atoms with Gasteiger partial charge in [0.1, 0.15) is 21.7 Å². The van der Waals surface area contributed by atoms with E-state index in [-0.39, 0.29) is 15.6 Å². The molecule has 0 aliphatic rings. The van der Waals surface area contributed by atoms with E-state index in [0.717, 1.165) is 15.9 Å². The van der Waals surface area contributed by atoms with Crippen LogP contribution < -0.4 is 20.8 Å². The van der Waals surface area contributed by atoms with E-state index in [4.69, 9.17) is 9.56 Å². The Bertz CT molecular complexity index is 1480. The molecule has 0 aliphatic carbocycles. The summed E-state index contributed by atoms with van der Waals surface area (Å²) in [5.74, 6) is 0.899. The Hall–Kier alpha value is -3.15. The van der Waals surface area contributed by atoms with E-state index in [2.05, 4.69) is 10.1 Å². The summed E-state index contributed by atoms with van der Waals surface area (Å²) >= 11 is 1.03. The van der Waals surface area contributed by atoms with Crippen molar-refractivity contribution < 1.29 is 12.8 Å². The van der Waals surface area contributed by atoms with Gasteiger partial charge in [-0.05, 0) is 43.3 Å². The quantitative estimate of drug-likeness (QED) is 0.506. The summed E-state index contributed by atoms with van der Waals surface area (Å²) in [6.07, 6.45) is 1.53. The largest absolute Gasteiger partial charge is 0.457 e. The van der Waals surface area contributed by atoms with Gasteiger partial charge >= 0.3 is 0 Å². The Morgan fingerprint density at radius 2 is 1.86 bits per heavy atom. The molecule has 28 heavy (non-hydrogen) atoms. The summed E-state index contributed by atoms with van der Waals surface area (Å²) in [6, 6.07) is 9.28. The van der Waals surface area contributed by atoms with Crippen LogP contribution in [-0.2, 0) is 10.0 Å². The topological polar surface area (TPSA) is 138 Å². The predicted molar refractivity (Wildman–Crippen MR) is 102 cm³/mol. The number of sulfonamides is 1. The molecule has 0 unspecified atom stereocenters. The lowest BCUT2D eigenvalue weighted by Crippen LogP contribution is -2.27. The Labute approximate surface area is 161 Å². The summed E-state index contributed by atoms with van der Waals surface area (Å²) in [4.78, 5) is 28.1. The van der Waals surface area contributed by atoms with Gasteiger partial charge in [-0.25, -0.2) is 13.6 Å². The maximum atomic E-state index is 12.4. The van der Waals surface area contributed by atoms with E-state index < -0.39 is 21.1 Å². The van der Waals surface area contributed by atoms with Crippen molar-refractivity contribution in [1.29, 1.82) is 0 Å². The SMILES string of the molecule is Cc1nn2c(=O)c(=Cc3ccc(-c4ccc(S(N)(=O)=O)cc4)o3)sc2nc1=O. The summed E-state index contributed by atoms with van der Waals surface area (Å²) in [5.41, 5.74) is -0.0840. The number of benzene rings is 1. The number of aromatic nitrogens is 3. The maximum absolute atomic E-state index is 12.4. The van der Waals surface area contributed by atoms with Crippen molar-refractivity contribution in [2.24, 2.45) is 5.14 Å². The molecule has 0 saturated heterocycles. The summed E-state index contributed by atoms with van der Waals surface area (Å²) in [7, 11) is -3.77. The molecule has 142 valence electrons. The van der Waals surface area contributed by atoms with Gasteiger partial charge in [-0.3, -0.25) is 9.59 Å². The van der Waals surface area contributed by atoms with Gasteiger partial charge < -0.3 is 4.42 Å². The number of hydrogen-bond donors (Lipinski definition) is 1. The number of nitrogens with two attached hydrogens (primary N) is 1. The van der Waals surface area contributed by atoms with Crippen molar-refractivity contribution in [2.45, 2.75) is 11.8 Å². The molecule has 0 saturated carbocycles. The smallest absolute Gasteiger partial charge is 0.295 e. The van der Waals surface area contributed by atoms with Gasteiger partial charge in [0.25, 0.3) is 11.1 Å². The second kappa shape index (κ2) is 6.48. The van der Waals surface area contributed by atoms with E-state index in [9.17, 15) is 18.0 Å². The van der Waals surface area contributed by atoms with E-state index in [1.165, 1.54) is 25.1 Å². The van der Waals surface area contributed by atoms with Gasteiger partial charge in [-0.1, -0.05) is 11.3 Å². The van der Waals surface area contributed by atoms with Crippen LogP contribution in [0.4, 0.5) is 0 Å². The molecule has 0 spiro atoms. The van der Waals surface area contributed by atoms with Crippen molar-refractivity contribution in [3.05, 3.63) is 73.1 Å². The lowest BCUT2D eigenvalue weighted by molar-refractivity contribution is 0.571. The van der Waals surface area contributed by atoms with E-state index in [1.54, 1.807) is 24.3 Å². The lowest BCUT2D eigenvalue weighted by Gasteiger charge is -2.00. The standard InChI is InChI=1S/C17H12N4O5S2/c1-9-15(22)19-17-21(20-9)16(23)14(27-17)8-11-4-7-13(26-11)10-2-5-12(6-3-10)28(18,24)25/h2-8H,1H3,(H2,18,24,25). The second-order valence-corrected chi connectivity index (χ2v) is 8.45. The van der Waals surface area contributed by atoms with E-state index >= 15 is 0 Å². The number of primary sulfonamides is 1. The van der Waals surface area contributed by atoms with Gasteiger partial charge in [0.2, 0.25) is 15.0 Å². The fourth-order valence-corrected chi connectivity index (χ4v) is 3.91. The zero-order chi connectivity index (χ0) is 20.1. The fraction of sp³-hybridized carbons (Fsp3) is 0.0588. The number of thiazole rings is 1. The first-order chi connectivity index (χ1) is 13.2. The number of rotatable bonds is 3. The molecule has 1 aromatic carbocycles. The third-order valence-corrected chi connectivity index (χ3v) is 5.80. The zero-order valence-corrected chi connectivity index (χ0v) is 16.0. The highest BCUT2D eigenvalue weighted by atomic mass is 32.2. The Morgan fingerprint density at radius 1 is 1.14 bits per heavy atom. The van der Waals surface area contributed by atoms with E-state index in [1.807, 2.05) is 0 Å². The third kappa shape index (κ3) is 3.26. The van der Waals surface area contributed by atoms with Gasteiger partial charge in [0.15, 0.2) is 0 Å². The normalized spacial score (nSPS) is 12.7. The molecule has 11 heteroatoms. The van der Waals surface area contributed by atoms with Gasteiger partial charge in [-0.2, -0.15) is 14.6 Å². The molecular weight excluding hydrogens is 404 g/mol. The number of hydrogen-bond acceptors (Lipinski definition) is 8. The van der Waals surface area contributed by atoms with E-state index in [0.29, 0.717) is 21.6 Å². The Balaban J connectivity index is 1.74. The Kier molecular flexibility index (Phi) is 4.22. The molecule has 3 aromatic heterocycles. The molecular formula is C17H12N4O5S2. The first-order valence-corrected chi connectivity index (χ1v) is 10.2. The van der Waals surface area contributed by atoms with Crippen molar-refractivity contribution in [1.82, 2.24) is 14.6 Å². The van der Waals surface area contributed by atoms with Crippen LogP contribution in [0.1, 0.15) is 11.5 Å². The molecule has 0 aliphatic heterocycles. The number of aryl methyl sites for hydroxylation is 1. The molecule has 0 radical (unpaired) electrons.